The smallest absolute Gasteiger partial charge is 0.324 e. The van der Waals surface area contributed by atoms with Crippen molar-refractivity contribution in [2.24, 2.45) is 11.8 Å². The molecule has 4 atom stereocenters. The first-order chi connectivity index (χ1) is 9.51. The Labute approximate surface area is 123 Å². The monoisotopic (exact) mass is 282 g/mol. The molecule has 2 fully saturated rings. The number of carbonyl (C=O) groups is 1. The Kier molecular flexibility index (Phi) is 5.44. The Morgan fingerprint density at radius 2 is 2.05 bits per heavy atom. The quantitative estimate of drug-likeness (QED) is 0.757. The minimum Gasteiger partial charge on any atom is -0.465 e. The molecule has 1 aliphatic heterocycles. The van der Waals surface area contributed by atoms with Crippen molar-refractivity contribution in [2.75, 3.05) is 19.7 Å². The number of nitrogens with one attached hydrogen (secondary N) is 1. The van der Waals surface area contributed by atoms with Crippen molar-refractivity contribution < 1.29 is 9.53 Å². The summed E-state index contributed by atoms with van der Waals surface area (Å²) < 4.78 is 5.24. The van der Waals surface area contributed by atoms with Gasteiger partial charge >= 0.3 is 5.97 Å². The molecule has 4 heteroatoms. The van der Waals surface area contributed by atoms with Crippen molar-refractivity contribution in [3.8, 4) is 0 Å². The van der Waals surface area contributed by atoms with Crippen LogP contribution in [-0.2, 0) is 9.53 Å². The second kappa shape index (κ2) is 6.90. The van der Waals surface area contributed by atoms with E-state index in [1.165, 1.54) is 19.3 Å². The molecule has 0 aromatic rings. The molecule has 0 aromatic heterocycles. The van der Waals surface area contributed by atoms with E-state index in [1.54, 1.807) is 0 Å². The molecule has 2 aliphatic rings. The highest BCUT2D eigenvalue weighted by Crippen LogP contribution is 2.27. The van der Waals surface area contributed by atoms with Gasteiger partial charge in [-0.2, -0.15) is 0 Å². The van der Waals surface area contributed by atoms with E-state index in [-0.39, 0.29) is 12.0 Å². The minimum absolute atomic E-state index is 0.0857. The van der Waals surface area contributed by atoms with Crippen molar-refractivity contribution in [1.82, 2.24) is 10.2 Å². The van der Waals surface area contributed by atoms with E-state index in [4.69, 9.17) is 4.74 Å². The summed E-state index contributed by atoms with van der Waals surface area (Å²) in [5, 5.41) is 3.46. The van der Waals surface area contributed by atoms with Gasteiger partial charge in [0.25, 0.3) is 0 Å². The maximum absolute atomic E-state index is 12.1. The highest BCUT2D eigenvalue weighted by Gasteiger charge is 2.35. The number of likely N-dealkylation sites (tertiary alicyclic amines) is 1. The molecule has 1 heterocycles. The van der Waals surface area contributed by atoms with Crippen LogP contribution in [0.3, 0.4) is 0 Å². The average molecular weight is 282 g/mol. The van der Waals surface area contributed by atoms with E-state index in [0.717, 1.165) is 13.1 Å². The number of hydrogen-bond donors (Lipinski definition) is 1. The van der Waals surface area contributed by atoms with Crippen LogP contribution in [0.5, 0.6) is 0 Å². The van der Waals surface area contributed by atoms with Gasteiger partial charge in [-0.3, -0.25) is 9.69 Å². The maximum Gasteiger partial charge on any atom is 0.324 e. The molecular weight excluding hydrogens is 252 g/mol. The predicted octanol–water partition coefficient (Wildman–Crippen LogP) is 2.04. The van der Waals surface area contributed by atoms with Gasteiger partial charge in [0.2, 0.25) is 0 Å². The molecule has 0 aromatic carbocycles. The molecular formula is C16H30N2O2. The predicted molar refractivity (Wildman–Crippen MR) is 80.6 cm³/mol. The Hall–Kier alpha value is -0.610. The van der Waals surface area contributed by atoms with Gasteiger partial charge in [0.05, 0.1) is 6.61 Å². The van der Waals surface area contributed by atoms with Crippen molar-refractivity contribution >= 4 is 5.97 Å². The third kappa shape index (κ3) is 4.19. The van der Waals surface area contributed by atoms with Gasteiger partial charge in [0, 0.05) is 25.2 Å². The van der Waals surface area contributed by atoms with Crippen LogP contribution < -0.4 is 5.32 Å². The summed E-state index contributed by atoms with van der Waals surface area (Å²) in [5.74, 6) is 1.32. The number of hydrogen-bond acceptors (Lipinski definition) is 4. The highest BCUT2D eigenvalue weighted by atomic mass is 16.5. The molecule has 1 N–H and O–H groups in total. The summed E-state index contributed by atoms with van der Waals surface area (Å²) in [4.78, 5) is 14.6. The van der Waals surface area contributed by atoms with Crippen LogP contribution in [0.2, 0.25) is 0 Å². The first-order valence-electron chi connectivity index (χ1n) is 8.18. The number of ether oxygens (including phenoxy) is 1. The number of esters is 1. The molecule has 116 valence electrons. The molecule has 0 bridgehead atoms. The summed E-state index contributed by atoms with van der Waals surface area (Å²) in [6.45, 7) is 11.1. The molecule has 0 spiro atoms. The summed E-state index contributed by atoms with van der Waals surface area (Å²) in [5.41, 5.74) is 0. The van der Waals surface area contributed by atoms with E-state index >= 15 is 0 Å². The van der Waals surface area contributed by atoms with Crippen molar-refractivity contribution in [1.29, 1.82) is 0 Å². The lowest BCUT2D eigenvalue weighted by Crippen LogP contribution is -2.54. The normalized spacial score (nSPS) is 32.9. The van der Waals surface area contributed by atoms with Crippen molar-refractivity contribution in [2.45, 2.75) is 65.1 Å². The molecule has 4 unspecified atom stereocenters. The highest BCUT2D eigenvalue weighted by molar-refractivity contribution is 5.76. The molecule has 1 aliphatic carbocycles. The topological polar surface area (TPSA) is 41.6 Å². The Morgan fingerprint density at radius 3 is 2.65 bits per heavy atom. The Bertz CT molecular complexity index is 330. The number of carbonyl (C=O) groups excluding carboxylic acids is 1. The van der Waals surface area contributed by atoms with Gasteiger partial charge in [-0.25, -0.2) is 0 Å². The zero-order valence-electron chi connectivity index (χ0n) is 13.4. The van der Waals surface area contributed by atoms with Gasteiger partial charge in [-0.1, -0.05) is 13.8 Å². The van der Waals surface area contributed by atoms with Gasteiger partial charge in [-0.05, 0) is 44.9 Å². The van der Waals surface area contributed by atoms with Crippen LogP contribution >= 0.6 is 0 Å². The van der Waals surface area contributed by atoms with Gasteiger partial charge in [0.15, 0.2) is 0 Å². The Balaban J connectivity index is 1.95. The van der Waals surface area contributed by atoms with Crippen LogP contribution in [0.4, 0.5) is 0 Å². The number of rotatable bonds is 6. The second-order valence-corrected chi connectivity index (χ2v) is 6.76. The lowest BCUT2D eigenvalue weighted by molar-refractivity contribution is -0.146. The van der Waals surface area contributed by atoms with E-state index in [0.29, 0.717) is 30.5 Å². The lowest BCUT2D eigenvalue weighted by atomic mass is 9.86. The largest absolute Gasteiger partial charge is 0.465 e. The van der Waals surface area contributed by atoms with E-state index in [9.17, 15) is 4.79 Å². The first kappa shape index (κ1) is 15.8. The fourth-order valence-corrected chi connectivity index (χ4v) is 3.28. The molecule has 4 nitrogen and oxygen atoms in total. The van der Waals surface area contributed by atoms with Crippen molar-refractivity contribution in [3.63, 3.8) is 0 Å². The fraction of sp³-hybridized carbons (Fsp3) is 0.938. The fourth-order valence-electron chi connectivity index (χ4n) is 3.28. The summed E-state index contributed by atoms with van der Waals surface area (Å²) in [6.07, 6.45) is 3.67. The first-order valence-corrected chi connectivity index (χ1v) is 8.18. The third-order valence-electron chi connectivity index (χ3n) is 4.72. The van der Waals surface area contributed by atoms with Crippen LogP contribution in [0.15, 0.2) is 0 Å². The van der Waals surface area contributed by atoms with Gasteiger partial charge in [0.1, 0.15) is 6.04 Å². The molecule has 0 amide bonds. The van der Waals surface area contributed by atoms with Gasteiger partial charge in [-0.15, -0.1) is 0 Å². The summed E-state index contributed by atoms with van der Waals surface area (Å²) >= 11 is 0. The van der Waals surface area contributed by atoms with E-state index in [1.807, 2.05) is 6.92 Å². The SMILES string of the molecule is CCOC(=O)C(CN1CC(C)CC(C)C1C)NC1CC1. The van der Waals surface area contributed by atoms with Crippen molar-refractivity contribution in [3.05, 3.63) is 0 Å². The third-order valence-corrected chi connectivity index (χ3v) is 4.72. The van der Waals surface area contributed by atoms with Crippen LogP contribution in [0.1, 0.15) is 47.0 Å². The molecule has 1 saturated heterocycles. The molecule has 0 radical (unpaired) electrons. The second-order valence-electron chi connectivity index (χ2n) is 6.76. The zero-order chi connectivity index (χ0) is 14.7. The zero-order valence-corrected chi connectivity index (χ0v) is 13.4. The van der Waals surface area contributed by atoms with Gasteiger partial charge < -0.3 is 10.1 Å². The maximum atomic E-state index is 12.1. The van der Waals surface area contributed by atoms with Crippen LogP contribution in [-0.4, -0.2) is 48.7 Å². The lowest BCUT2D eigenvalue weighted by Gasteiger charge is -2.42. The minimum atomic E-state index is -0.164. The Morgan fingerprint density at radius 1 is 1.35 bits per heavy atom. The van der Waals surface area contributed by atoms with Crippen LogP contribution in [0.25, 0.3) is 0 Å². The number of nitrogens with zero attached hydrogens (tertiary/aromatic N) is 1. The van der Waals surface area contributed by atoms with E-state index < -0.39 is 0 Å². The van der Waals surface area contributed by atoms with Crippen LogP contribution in [0, 0.1) is 11.8 Å². The molecule has 2 rings (SSSR count). The summed E-state index contributed by atoms with van der Waals surface area (Å²) in [6, 6.07) is 0.908. The van der Waals surface area contributed by atoms with E-state index in [2.05, 4.69) is 31.0 Å². The standard InChI is InChI=1S/C16H30N2O2/c1-5-20-16(19)15(17-14-6-7-14)10-18-9-11(2)8-12(3)13(18)4/h11-15,17H,5-10H2,1-4H3. The molecule has 20 heavy (non-hydrogen) atoms. The summed E-state index contributed by atoms with van der Waals surface area (Å²) in [7, 11) is 0. The number of piperidine rings is 1. The average Bonchev–Trinajstić information content (AvgIpc) is 3.18. The molecule has 1 saturated carbocycles.